The van der Waals surface area contributed by atoms with E-state index in [9.17, 15) is 8.42 Å². The number of thioether (sulfide) groups is 1. The van der Waals surface area contributed by atoms with Gasteiger partial charge in [-0.1, -0.05) is 47.7 Å². The molecule has 0 saturated carbocycles. The summed E-state index contributed by atoms with van der Waals surface area (Å²) in [6.45, 7) is 6.45. The third-order valence-electron chi connectivity index (χ3n) is 4.85. The number of aryl methyl sites for hydroxylation is 1. The van der Waals surface area contributed by atoms with Crippen molar-refractivity contribution in [3.05, 3.63) is 59.4 Å². The smallest absolute Gasteiger partial charge is 0.191 e. The van der Waals surface area contributed by atoms with Crippen molar-refractivity contribution in [3.63, 3.8) is 0 Å². The highest BCUT2D eigenvalue weighted by Gasteiger charge is 2.33. The quantitative estimate of drug-likeness (QED) is 0.402. The minimum absolute atomic E-state index is 0.0887. The highest BCUT2D eigenvalue weighted by molar-refractivity contribution is 7.98. The molecule has 4 rings (SSSR count). The van der Waals surface area contributed by atoms with Crippen LogP contribution in [0.5, 0.6) is 0 Å². The van der Waals surface area contributed by atoms with Crippen molar-refractivity contribution in [1.29, 1.82) is 0 Å². The Morgan fingerprint density at radius 1 is 1.31 bits per heavy atom. The van der Waals surface area contributed by atoms with Gasteiger partial charge in [0.2, 0.25) is 0 Å². The molecule has 0 unspecified atom stereocenters. The maximum absolute atomic E-state index is 11.8. The minimum Gasteiger partial charge on any atom is -0.302 e. The number of rotatable bonds is 7. The van der Waals surface area contributed by atoms with Crippen LogP contribution in [-0.2, 0) is 22.1 Å². The fourth-order valence-corrected chi connectivity index (χ4v) is 6.87. The van der Waals surface area contributed by atoms with Crippen LogP contribution in [0.15, 0.2) is 47.5 Å². The number of hydrogen-bond donors (Lipinski definition) is 0. The zero-order valence-corrected chi connectivity index (χ0v) is 18.6. The number of hydrogen-bond acceptors (Lipinski definition) is 7. The maximum atomic E-state index is 11.8. The number of thiazole rings is 1. The van der Waals surface area contributed by atoms with Crippen LogP contribution in [0.25, 0.3) is 10.6 Å². The van der Waals surface area contributed by atoms with Gasteiger partial charge in [0, 0.05) is 29.2 Å². The molecule has 0 aliphatic carbocycles. The molecule has 1 saturated heterocycles. The molecule has 3 aromatic rings. The van der Waals surface area contributed by atoms with Crippen molar-refractivity contribution >= 4 is 32.9 Å². The van der Waals surface area contributed by atoms with E-state index in [-0.39, 0.29) is 17.4 Å². The lowest BCUT2D eigenvalue weighted by Gasteiger charge is -2.10. The van der Waals surface area contributed by atoms with E-state index in [2.05, 4.69) is 53.3 Å². The van der Waals surface area contributed by atoms with Crippen molar-refractivity contribution in [2.75, 3.05) is 11.5 Å². The Labute approximate surface area is 179 Å². The first-order valence-electron chi connectivity index (χ1n) is 9.34. The molecule has 29 heavy (non-hydrogen) atoms. The summed E-state index contributed by atoms with van der Waals surface area (Å²) < 4.78 is 25.7. The first-order chi connectivity index (χ1) is 13.9. The predicted octanol–water partition coefficient (Wildman–Crippen LogP) is 4.09. The van der Waals surface area contributed by atoms with E-state index in [1.807, 2.05) is 4.57 Å². The van der Waals surface area contributed by atoms with Crippen molar-refractivity contribution < 1.29 is 8.42 Å². The SMILES string of the molecule is C=CCn1c(SCc2csc(-c3ccc(C)cc3)n2)nnc1[C@@H]1CCS(=O)(=O)C1. The molecule has 1 aromatic carbocycles. The van der Waals surface area contributed by atoms with Gasteiger partial charge in [-0.2, -0.15) is 0 Å². The van der Waals surface area contributed by atoms with Crippen LogP contribution < -0.4 is 0 Å². The standard InChI is InChI=1S/C20H22N4O2S3/c1-3-9-24-18(16-8-10-29(25,26)13-16)22-23-20(24)28-12-17-11-27-19(21-17)15-6-4-14(2)5-7-15/h3-7,11,16H,1,8-10,12-13H2,2H3/t16-/m1/s1. The molecule has 3 heterocycles. The number of allylic oxidation sites excluding steroid dienone is 1. The van der Waals surface area contributed by atoms with Crippen LogP contribution in [-0.4, -0.2) is 39.7 Å². The van der Waals surface area contributed by atoms with E-state index in [1.165, 1.54) is 5.56 Å². The monoisotopic (exact) mass is 446 g/mol. The number of sulfone groups is 1. The van der Waals surface area contributed by atoms with Gasteiger partial charge < -0.3 is 4.57 Å². The summed E-state index contributed by atoms with van der Waals surface area (Å²) in [7, 11) is -2.97. The van der Waals surface area contributed by atoms with Gasteiger partial charge >= 0.3 is 0 Å². The number of nitrogens with zero attached hydrogens (tertiary/aromatic N) is 4. The molecule has 1 aliphatic heterocycles. The molecule has 0 spiro atoms. The second-order valence-corrected chi connectivity index (χ2v) is 11.2. The van der Waals surface area contributed by atoms with Crippen LogP contribution in [0.4, 0.5) is 0 Å². The Hall–Kier alpha value is -1.97. The molecule has 9 heteroatoms. The highest BCUT2D eigenvalue weighted by Crippen LogP contribution is 2.32. The second kappa shape index (κ2) is 8.41. The molecule has 0 radical (unpaired) electrons. The van der Waals surface area contributed by atoms with Crippen molar-refractivity contribution in [2.45, 2.75) is 36.7 Å². The van der Waals surface area contributed by atoms with E-state index in [0.717, 1.165) is 27.2 Å². The Balaban J connectivity index is 1.49. The van der Waals surface area contributed by atoms with Gasteiger partial charge in [-0.3, -0.25) is 0 Å². The first kappa shape index (κ1) is 20.3. The Morgan fingerprint density at radius 2 is 2.10 bits per heavy atom. The summed E-state index contributed by atoms with van der Waals surface area (Å²) in [5, 5.41) is 12.5. The molecule has 0 amide bonds. The summed E-state index contributed by atoms with van der Waals surface area (Å²) >= 11 is 3.20. The lowest BCUT2D eigenvalue weighted by atomic mass is 10.1. The first-order valence-corrected chi connectivity index (χ1v) is 13.0. The van der Waals surface area contributed by atoms with Crippen molar-refractivity contribution in [3.8, 4) is 10.6 Å². The Bertz CT molecular complexity index is 1120. The minimum atomic E-state index is -2.97. The predicted molar refractivity (Wildman–Crippen MR) is 118 cm³/mol. The molecular weight excluding hydrogens is 424 g/mol. The molecule has 0 bridgehead atoms. The van der Waals surface area contributed by atoms with Gasteiger partial charge in [0.25, 0.3) is 0 Å². The second-order valence-electron chi connectivity index (χ2n) is 7.14. The van der Waals surface area contributed by atoms with Gasteiger partial charge in [0.1, 0.15) is 10.8 Å². The average Bonchev–Trinajstić information content (AvgIpc) is 3.40. The van der Waals surface area contributed by atoms with E-state index in [1.54, 1.807) is 29.2 Å². The number of aromatic nitrogens is 4. The third-order valence-corrected chi connectivity index (χ3v) is 8.56. The van der Waals surface area contributed by atoms with Crippen LogP contribution in [0, 0.1) is 6.92 Å². The van der Waals surface area contributed by atoms with Crippen LogP contribution in [0.3, 0.4) is 0 Å². The van der Waals surface area contributed by atoms with Gasteiger partial charge in [-0.05, 0) is 13.3 Å². The third kappa shape index (κ3) is 4.62. The summed E-state index contributed by atoms with van der Waals surface area (Å²) in [6.07, 6.45) is 2.40. The highest BCUT2D eigenvalue weighted by atomic mass is 32.2. The summed E-state index contributed by atoms with van der Waals surface area (Å²) in [5.41, 5.74) is 3.35. The zero-order chi connectivity index (χ0) is 20.4. The molecule has 1 aliphatic rings. The topological polar surface area (TPSA) is 77.7 Å². The number of benzene rings is 1. The van der Waals surface area contributed by atoms with E-state index in [0.29, 0.717) is 18.7 Å². The average molecular weight is 447 g/mol. The lowest BCUT2D eigenvalue weighted by Crippen LogP contribution is -2.11. The summed E-state index contributed by atoms with van der Waals surface area (Å²) in [4.78, 5) is 4.74. The van der Waals surface area contributed by atoms with Crippen molar-refractivity contribution in [1.82, 2.24) is 19.7 Å². The molecule has 152 valence electrons. The van der Waals surface area contributed by atoms with Gasteiger partial charge in [-0.25, -0.2) is 13.4 Å². The Kier molecular flexibility index (Phi) is 5.89. The maximum Gasteiger partial charge on any atom is 0.191 e. The van der Waals surface area contributed by atoms with Gasteiger partial charge in [0.05, 0.1) is 17.2 Å². The molecule has 0 N–H and O–H groups in total. The molecule has 1 fully saturated rings. The van der Waals surface area contributed by atoms with Crippen LogP contribution in [0.1, 0.15) is 29.4 Å². The van der Waals surface area contributed by atoms with Crippen LogP contribution >= 0.6 is 23.1 Å². The fraction of sp³-hybridized carbons (Fsp3) is 0.350. The van der Waals surface area contributed by atoms with Crippen molar-refractivity contribution in [2.24, 2.45) is 0 Å². The zero-order valence-electron chi connectivity index (χ0n) is 16.1. The molecular formula is C20H22N4O2S3. The van der Waals surface area contributed by atoms with Crippen LogP contribution in [0.2, 0.25) is 0 Å². The van der Waals surface area contributed by atoms with Gasteiger partial charge in [-0.15, -0.1) is 28.1 Å². The molecule has 1 atom stereocenters. The Morgan fingerprint density at radius 3 is 2.79 bits per heavy atom. The molecule has 2 aromatic heterocycles. The summed E-state index contributed by atoms with van der Waals surface area (Å²) in [6, 6.07) is 8.36. The molecule has 6 nitrogen and oxygen atoms in total. The lowest BCUT2D eigenvalue weighted by molar-refractivity contribution is 0.597. The van der Waals surface area contributed by atoms with Gasteiger partial charge in [0.15, 0.2) is 15.0 Å². The largest absolute Gasteiger partial charge is 0.302 e. The fourth-order valence-electron chi connectivity index (χ4n) is 3.35. The van der Waals surface area contributed by atoms with E-state index in [4.69, 9.17) is 4.98 Å². The van der Waals surface area contributed by atoms with E-state index < -0.39 is 9.84 Å². The normalized spacial score (nSPS) is 18.2. The van der Waals surface area contributed by atoms with E-state index >= 15 is 0 Å². The summed E-state index contributed by atoms with van der Waals surface area (Å²) in [5.74, 6) is 1.71.